The number of rotatable bonds is 3. The Kier molecular flexibility index (Phi) is 4.28. The van der Waals surface area contributed by atoms with Gasteiger partial charge in [0.15, 0.2) is 0 Å². The summed E-state index contributed by atoms with van der Waals surface area (Å²) < 4.78 is 5.18. The fourth-order valence-electron chi connectivity index (χ4n) is 2.90. The van der Waals surface area contributed by atoms with Gasteiger partial charge in [-0.1, -0.05) is 32.0 Å². The highest BCUT2D eigenvalue weighted by Crippen LogP contribution is 2.45. The minimum atomic E-state index is -0.705. The maximum atomic E-state index is 12.5. The Labute approximate surface area is 130 Å². The highest BCUT2D eigenvalue weighted by Gasteiger charge is 2.52. The van der Waals surface area contributed by atoms with Gasteiger partial charge < -0.3 is 4.74 Å². The van der Waals surface area contributed by atoms with Gasteiger partial charge in [-0.25, -0.2) is 4.79 Å². The van der Waals surface area contributed by atoms with Crippen molar-refractivity contribution in [2.45, 2.75) is 44.5 Å². The van der Waals surface area contributed by atoms with Gasteiger partial charge in [0.25, 0.3) is 0 Å². The number of hydrogen-bond donors (Lipinski definition) is 0. The molecule has 5 heteroatoms. The number of ether oxygens (including phenoxy) is 1. The molecule has 2 atom stereocenters. The summed E-state index contributed by atoms with van der Waals surface area (Å²) in [5, 5.41) is -0.705. The third kappa shape index (κ3) is 2.53. The molecule has 114 valence electrons. The summed E-state index contributed by atoms with van der Waals surface area (Å²) in [4.78, 5) is 26.4. The summed E-state index contributed by atoms with van der Waals surface area (Å²) in [6.45, 7) is 7.53. The van der Waals surface area contributed by atoms with Crippen molar-refractivity contribution in [3.05, 3.63) is 29.8 Å². The van der Waals surface area contributed by atoms with Gasteiger partial charge in [0.1, 0.15) is 11.4 Å². The number of halogens is 1. The molecule has 0 bridgehead atoms. The maximum absolute atomic E-state index is 12.5. The lowest BCUT2D eigenvalue weighted by Crippen LogP contribution is -2.52. The van der Waals surface area contributed by atoms with E-state index in [1.54, 1.807) is 13.8 Å². The molecule has 0 radical (unpaired) electrons. The average molecular weight is 310 g/mol. The van der Waals surface area contributed by atoms with E-state index in [1.165, 1.54) is 4.90 Å². The van der Waals surface area contributed by atoms with Gasteiger partial charge in [-0.2, -0.15) is 0 Å². The van der Waals surface area contributed by atoms with Crippen molar-refractivity contribution in [3.63, 3.8) is 0 Å². The van der Waals surface area contributed by atoms with Crippen molar-refractivity contribution in [3.8, 4) is 0 Å². The van der Waals surface area contributed by atoms with E-state index in [9.17, 15) is 9.59 Å². The van der Waals surface area contributed by atoms with Crippen molar-refractivity contribution >= 4 is 29.2 Å². The summed E-state index contributed by atoms with van der Waals surface area (Å²) >= 11 is 5.97. The van der Waals surface area contributed by atoms with E-state index in [4.69, 9.17) is 16.3 Å². The van der Waals surface area contributed by atoms with Gasteiger partial charge in [0.05, 0.1) is 6.61 Å². The second-order valence-corrected chi connectivity index (χ2v) is 6.37. The van der Waals surface area contributed by atoms with Crippen LogP contribution in [0.25, 0.3) is 0 Å². The number of benzene rings is 1. The Balaban J connectivity index is 2.56. The minimum absolute atomic E-state index is 0.278. The van der Waals surface area contributed by atoms with Crippen LogP contribution in [0, 0.1) is 0 Å². The number of carbonyl (C=O) groups is 2. The SMILES string of the molecule is CCOC(=O)C1N(C(=O)C(C)Cl)c2ccccc2C1(C)C. The maximum Gasteiger partial charge on any atom is 0.330 e. The molecule has 0 spiro atoms. The van der Waals surface area contributed by atoms with Gasteiger partial charge in [0, 0.05) is 11.1 Å². The van der Waals surface area contributed by atoms with E-state index in [1.807, 2.05) is 38.1 Å². The molecule has 1 aliphatic rings. The van der Waals surface area contributed by atoms with Crippen LogP contribution < -0.4 is 4.90 Å². The number of alkyl halides is 1. The summed E-state index contributed by atoms with van der Waals surface area (Å²) in [5.41, 5.74) is 1.16. The van der Waals surface area contributed by atoms with E-state index < -0.39 is 22.8 Å². The monoisotopic (exact) mass is 309 g/mol. The zero-order valence-electron chi connectivity index (χ0n) is 12.7. The van der Waals surface area contributed by atoms with Gasteiger partial charge in [0.2, 0.25) is 5.91 Å². The molecule has 0 fully saturated rings. The Morgan fingerprint density at radius 1 is 1.38 bits per heavy atom. The zero-order valence-corrected chi connectivity index (χ0v) is 13.5. The molecule has 4 nitrogen and oxygen atoms in total. The largest absolute Gasteiger partial charge is 0.464 e. The summed E-state index contributed by atoms with van der Waals surface area (Å²) in [7, 11) is 0. The Morgan fingerprint density at radius 3 is 2.57 bits per heavy atom. The van der Waals surface area contributed by atoms with Crippen LogP contribution in [0.3, 0.4) is 0 Å². The lowest BCUT2D eigenvalue weighted by molar-refractivity contribution is -0.147. The first-order valence-electron chi connectivity index (χ1n) is 7.05. The predicted molar refractivity (Wildman–Crippen MR) is 82.7 cm³/mol. The summed E-state index contributed by atoms with van der Waals surface area (Å²) in [6.07, 6.45) is 0. The number of carbonyl (C=O) groups excluding carboxylic acids is 2. The Bertz CT molecular complexity index is 568. The van der Waals surface area contributed by atoms with Crippen LogP contribution in [-0.2, 0) is 19.7 Å². The number of hydrogen-bond acceptors (Lipinski definition) is 3. The van der Waals surface area contributed by atoms with Crippen LogP contribution in [0.5, 0.6) is 0 Å². The first-order valence-corrected chi connectivity index (χ1v) is 7.49. The van der Waals surface area contributed by atoms with Crippen LogP contribution >= 0.6 is 11.6 Å². The smallest absolute Gasteiger partial charge is 0.330 e. The molecule has 1 aromatic carbocycles. The van der Waals surface area contributed by atoms with Crippen molar-refractivity contribution in [2.75, 3.05) is 11.5 Å². The van der Waals surface area contributed by atoms with Crippen LogP contribution in [0.4, 0.5) is 5.69 Å². The van der Waals surface area contributed by atoms with Crippen LogP contribution in [0.2, 0.25) is 0 Å². The van der Waals surface area contributed by atoms with Gasteiger partial charge in [-0.15, -0.1) is 11.6 Å². The quantitative estimate of drug-likeness (QED) is 0.637. The molecule has 2 rings (SSSR count). The topological polar surface area (TPSA) is 46.6 Å². The third-order valence-electron chi connectivity index (χ3n) is 3.89. The van der Waals surface area contributed by atoms with Gasteiger partial charge in [-0.3, -0.25) is 9.69 Å². The van der Waals surface area contributed by atoms with E-state index in [0.29, 0.717) is 0 Å². The third-order valence-corrected chi connectivity index (χ3v) is 4.07. The number of para-hydroxylation sites is 1. The van der Waals surface area contributed by atoms with E-state index >= 15 is 0 Å². The highest BCUT2D eigenvalue weighted by atomic mass is 35.5. The van der Waals surface area contributed by atoms with E-state index in [2.05, 4.69) is 0 Å². The molecular formula is C16H20ClNO3. The second-order valence-electron chi connectivity index (χ2n) is 5.72. The minimum Gasteiger partial charge on any atom is -0.464 e. The predicted octanol–water partition coefficient (Wildman–Crippen LogP) is 2.87. The normalized spacial score (nSPS) is 20.8. The fourth-order valence-corrected chi connectivity index (χ4v) is 3.00. The van der Waals surface area contributed by atoms with Crippen molar-refractivity contribution in [2.24, 2.45) is 0 Å². The molecule has 1 aliphatic heterocycles. The van der Waals surface area contributed by atoms with Crippen molar-refractivity contribution in [1.29, 1.82) is 0 Å². The fraction of sp³-hybridized carbons (Fsp3) is 0.500. The molecule has 1 aromatic rings. The molecular weight excluding hydrogens is 290 g/mol. The van der Waals surface area contributed by atoms with Crippen LogP contribution in [-0.4, -0.2) is 29.9 Å². The summed E-state index contributed by atoms with van der Waals surface area (Å²) in [6, 6.07) is 6.84. The molecule has 0 saturated carbocycles. The lowest BCUT2D eigenvalue weighted by Gasteiger charge is -2.31. The number of nitrogens with zero attached hydrogens (tertiary/aromatic N) is 1. The average Bonchev–Trinajstić information content (AvgIpc) is 2.66. The second kappa shape index (κ2) is 5.68. The van der Waals surface area contributed by atoms with Crippen molar-refractivity contribution < 1.29 is 14.3 Å². The number of fused-ring (bicyclic) bond motifs is 1. The zero-order chi connectivity index (χ0) is 15.8. The van der Waals surface area contributed by atoms with Gasteiger partial charge in [-0.05, 0) is 25.5 Å². The van der Waals surface area contributed by atoms with Crippen molar-refractivity contribution in [1.82, 2.24) is 0 Å². The molecule has 2 unspecified atom stereocenters. The molecule has 0 aromatic heterocycles. The standard InChI is InChI=1S/C16H20ClNO3/c1-5-21-15(20)13-16(3,4)11-8-6-7-9-12(11)18(13)14(19)10(2)17/h6-10,13H,5H2,1-4H3. The molecule has 1 heterocycles. The molecule has 21 heavy (non-hydrogen) atoms. The van der Waals surface area contributed by atoms with Gasteiger partial charge >= 0.3 is 5.97 Å². The van der Waals surface area contributed by atoms with Crippen LogP contribution in [0.1, 0.15) is 33.3 Å². The van der Waals surface area contributed by atoms with E-state index in [-0.39, 0.29) is 12.5 Å². The first-order chi connectivity index (χ1) is 9.82. The summed E-state index contributed by atoms with van der Waals surface area (Å²) in [5.74, 6) is -0.683. The highest BCUT2D eigenvalue weighted by molar-refractivity contribution is 6.33. The van der Waals surface area contributed by atoms with Crippen LogP contribution in [0.15, 0.2) is 24.3 Å². The molecule has 0 N–H and O–H groups in total. The molecule has 0 aliphatic carbocycles. The Hall–Kier alpha value is -1.55. The molecule has 0 saturated heterocycles. The Morgan fingerprint density at radius 2 is 2.00 bits per heavy atom. The first kappa shape index (κ1) is 15.8. The van der Waals surface area contributed by atoms with E-state index in [0.717, 1.165) is 11.3 Å². The number of anilines is 1. The molecule has 1 amide bonds. The lowest BCUT2D eigenvalue weighted by atomic mass is 9.80. The number of amides is 1. The number of esters is 1.